The van der Waals surface area contributed by atoms with Crippen molar-refractivity contribution in [2.75, 3.05) is 10.6 Å². The predicted octanol–water partition coefficient (Wildman–Crippen LogP) is 5.56. The quantitative estimate of drug-likeness (QED) is 0.259. The molecule has 2 aromatic carbocycles. The molecule has 3 aromatic heterocycles. The Morgan fingerprint density at radius 2 is 1.64 bits per heavy atom. The number of hydrogen-bond acceptors (Lipinski definition) is 7. The van der Waals surface area contributed by atoms with Crippen molar-refractivity contribution in [2.45, 2.75) is 68.7 Å². The minimum atomic E-state index is -0.228. The van der Waals surface area contributed by atoms with E-state index in [9.17, 15) is 5.11 Å². The van der Waals surface area contributed by atoms with Crippen LogP contribution in [0.25, 0.3) is 39.5 Å². The summed E-state index contributed by atoms with van der Waals surface area (Å²) >= 11 is 0. The zero-order valence-corrected chi connectivity index (χ0v) is 23.5. The lowest BCUT2D eigenvalue weighted by atomic mass is 9.73. The molecule has 8 nitrogen and oxygen atoms in total. The number of piperidine rings is 1. The van der Waals surface area contributed by atoms with Gasteiger partial charge in [-0.3, -0.25) is 4.57 Å². The summed E-state index contributed by atoms with van der Waals surface area (Å²) in [5.41, 5.74) is 20.3. The second-order valence-corrected chi connectivity index (χ2v) is 12.3. The van der Waals surface area contributed by atoms with Crippen LogP contribution < -0.4 is 16.4 Å². The Kier molecular flexibility index (Phi) is 5.84. The van der Waals surface area contributed by atoms with Gasteiger partial charge >= 0.3 is 0 Å². The zero-order valence-electron chi connectivity index (χ0n) is 23.5. The number of rotatable bonds is 5. The van der Waals surface area contributed by atoms with Crippen molar-refractivity contribution in [1.29, 1.82) is 0 Å². The Labute approximate surface area is 245 Å². The van der Waals surface area contributed by atoms with Crippen molar-refractivity contribution in [1.82, 2.24) is 19.5 Å². The zero-order chi connectivity index (χ0) is 28.4. The van der Waals surface area contributed by atoms with Gasteiger partial charge < -0.3 is 21.5 Å². The third-order valence-electron chi connectivity index (χ3n) is 9.68. The molecule has 0 unspecified atom stereocenters. The Hall–Kier alpha value is -4.27. The average molecular weight is 558 g/mol. The summed E-state index contributed by atoms with van der Waals surface area (Å²) in [6, 6.07) is 25.8. The molecule has 0 amide bonds. The van der Waals surface area contributed by atoms with Crippen molar-refractivity contribution in [3.05, 3.63) is 84.6 Å². The fraction of sp³-hybridized carbons (Fsp3) is 0.324. The molecule has 0 radical (unpaired) electrons. The smallest absolute Gasteiger partial charge is 0.165 e. The summed E-state index contributed by atoms with van der Waals surface area (Å²) in [4.78, 5) is 17.1. The van der Waals surface area contributed by atoms with E-state index in [0.717, 1.165) is 77.8 Å². The van der Waals surface area contributed by atoms with Crippen LogP contribution in [0.5, 0.6) is 0 Å². The highest BCUT2D eigenvalue weighted by Gasteiger charge is 2.40. The Morgan fingerprint density at radius 1 is 0.857 bits per heavy atom. The number of aromatic nitrogens is 4. The summed E-state index contributed by atoms with van der Waals surface area (Å²) in [5.74, 6) is 1.13. The van der Waals surface area contributed by atoms with E-state index in [1.807, 2.05) is 24.3 Å². The third-order valence-corrected chi connectivity index (χ3v) is 9.68. The Bertz CT molecular complexity index is 1780. The molecule has 0 spiro atoms. The summed E-state index contributed by atoms with van der Waals surface area (Å²) in [7, 11) is 0. The van der Waals surface area contributed by atoms with Crippen LogP contribution in [0.1, 0.15) is 50.5 Å². The van der Waals surface area contributed by atoms with Gasteiger partial charge in [-0.1, -0.05) is 24.3 Å². The molecule has 1 saturated carbocycles. The molecule has 2 aliphatic heterocycles. The molecule has 8 rings (SSSR count). The normalized spacial score (nSPS) is 22.8. The first-order chi connectivity index (χ1) is 20.5. The van der Waals surface area contributed by atoms with Crippen molar-refractivity contribution < 1.29 is 5.11 Å². The number of anilines is 2. The molecular formula is C34H35N7O. The van der Waals surface area contributed by atoms with E-state index < -0.39 is 0 Å². The maximum absolute atomic E-state index is 10.3. The summed E-state index contributed by atoms with van der Waals surface area (Å²) in [6.07, 6.45) is 8.67. The van der Waals surface area contributed by atoms with Gasteiger partial charge in [0.25, 0.3) is 0 Å². The van der Waals surface area contributed by atoms with Crippen LogP contribution in [0.4, 0.5) is 11.5 Å². The molecule has 3 atom stereocenters. The van der Waals surface area contributed by atoms with E-state index in [1.165, 1.54) is 12.1 Å². The maximum Gasteiger partial charge on any atom is 0.165 e. The van der Waals surface area contributed by atoms with E-state index in [1.54, 1.807) is 6.20 Å². The fourth-order valence-electron chi connectivity index (χ4n) is 7.33. The van der Waals surface area contributed by atoms with E-state index in [-0.39, 0.29) is 11.6 Å². The highest BCUT2D eigenvalue weighted by atomic mass is 16.3. The van der Waals surface area contributed by atoms with Gasteiger partial charge in [0.2, 0.25) is 0 Å². The molecular weight excluding hydrogens is 522 g/mol. The predicted molar refractivity (Wildman–Crippen MR) is 166 cm³/mol. The van der Waals surface area contributed by atoms with Gasteiger partial charge in [-0.2, -0.15) is 0 Å². The van der Waals surface area contributed by atoms with Crippen LogP contribution in [0, 0.1) is 0 Å². The van der Waals surface area contributed by atoms with Gasteiger partial charge in [-0.05, 0) is 99.0 Å². The minimum Gasteiger partial charge on any atom is -0.393 e. The number of aliphatic hydroxyl groups is 1. The molecule has 8 heteroatoms. The Morgan fingerprint density at radius 3 is 2.36 bits per heavy atom. The summed E-state index contributed by atoms with van der Waals surface area (Å²) in [6.45, 7) is 0. The maximum atomic E-state index is 10.3. The number of nitrogens with two attached hydrogens (primary N) is 2. The molecule has 42 heavy (non-hydrogen) atoms. The topological polar surface area (TPSA) is 119 Å². The molecule has 1 aliphatic carbocycles. The second-order valence-electron chi connectivity index (χ2n) is 12.3. The first kappa shape index (κ1) is 25.4. The minimum absolute atomic E-state index is 0.187. The van der Waals surface area contributed by atoms with Crippen molar-refractivity contribution in [3.8, 4) is 28.3 Å². The van der Waals surface area contributed by atoms with Crippen LogP contribution in [-0.4, -0.2) is 42.8 Å². The number of fused-ring (bicyclic) bond motifs is 3. The van der Waals surface area contributed by atoms with Gasteiger partial charge in [-0.15, -0.1) is 0 Å². The van der Waals surface area contributed by atoms with Gasteiger partial charge in [0.05, 0.1) is 17.4 Å². The fourth-order valence-corrected chi connectivity index (χ4v) is 7.33. The average Bonchev–Trinajstić information content (AvgIpc) is 3.50. The number of aliphatic hydroxyl groups excluding tert-OH is 1. The van der Waals surface area contributed by atoms with Crippen LogP contribution in [-0.2, 0) is 5.54 Å². The van der Waals surface area contributed by atoms with Gasteiger partial charge in [0.1, 0.15) is 11.3 Å². The number of nitrogens with zero attached hydrogens (tertiary/aromatic N) is 5. The van der Waals surface area contributed by atoms with Crippen LogP contribution in [0.3, 0.4) is 0 Å². The standard InChI is InChI=1S/C34H35N7O/c35-31-28(6-2-17-37-31)32-39-30-14-13-29(21-4-1-5-24(18-21)40-25-11-12-26(40)20-27(42)19-25)38-33(30)41(32)23-9-7-22(8-10-23)34(36)15-3-16-34/h1-2,4-10,13-14,17-18,25-27,42H,3,11-12,15-16,19-20,36H2,(H2,35,37)/t25-,26+,27+. The molecule has 2 saturated heterocycles. The van der Waals surface area contributed by atoms with Gasteiger partial charge in [-0.25, -0.2) is 15.0 Å². The van der Waals surface area contributed by atoms with Crippen molar-refractivity contribution in [2.24, 2.45) is 5.73 Å². The number of pyridine rings is 2. The van der Waals surface area contributed by atoms with Gasteiger partial charge in [0.15, 0.2) is 11.5 Å². The molecule has 212 valence electrons. The van der Waals surface area contributed by atoms with Crippen molar-refractivity contribution in [3.63, 3.8) is 0 Å². The third kappa shape index (κ3) is 4.08. The number of imidazole rings is 1. The monoisotopic (exact) mass is 557 g/mol. The molecule has 3 fully saturated rings. The molecule has 5 aromatic rings. The van der Waals surface area contributed by atoms with E-state index >= 15 is 0 Å². The highest BCUT2D eigenvalue weighted by Crippen LogP contribution is 2.41. The molecule has 5 N–H and O–H groups in total. The van der Waals surface area contributed by atoms with E-state index in [2.05, 4.69) is 63.0 Å². The van der Waals surface area contributed by atoms with Crippen LogP contribution >= 0.6 is 0 Å². The molecule has 2 bridgehead atoms. The molecule has 5 heterocycles. The van der Waals surface area contributed by atoms with Crippen LogP contribution in [0.15, 0.2) is 79.0 Å². The number of benzene rings is 2. The second kappa shape index (κ2) is 9.64. The number of nitrogen functional groups attached to an aromatic ring is 1. The van der Waals surface area contributed by atoms with Crippen molar-refractivity contribution >= 4 is 22.7 Å². The first-order valence-corrected chi connectivity index (χ1v) is 15.0. The lowest BCUT2D eigenvalue weighted by molar-refractivity contribution is 0.126. The summed E-state index contributed by atoms with van der Waals surface area (Å²) in [5, 5.41) is 10.3. The van der Waals surface area contributed by atoms with E-state index in [4.69, 9.17) is 21.4 Å². The van der Waals surface area contributed by atoms with Gasteiger partial charge in [0, 0.05) is 40.8 Å². The largest absolute Gasteiger partial charge is 0.393 e. The SMILES string of the molecule is Nc1ncccc1-c1nc2ccc(-c3cccc(N4[C@@H]5CC[C@H]4C[C@@H](O)C5)c3)nc2n1-c1ccc(C2(N)CCC2)cc1. The molecule has 3 aliphatic rings. The summed E-state index contributed by atoms with van der Waals surface area (Å²) < 4.78 is 2.08. The van der Waals surface area contributed by atoms with Crippen LogP contribution in [0.2, 0.25) is 0 Å². The first-order valence-electron chi connectivity index (χ1n) is 15.0. The lowest BCUT2D eigenvalue weighted by Gasteiger charge is -2.39. The highest BCUT2D eigenvalue weighted by molar-refractivity contribution is 5.85. The number of hydrogen-bond donors (Lipinski definition) is 3. The Balaban J connectivity index is 1.24. The lowest BCUT2D eigenvalue weighted by Crippen LogP contribution is -2.44. The van der Waals surface area contributed by atoms with E-state index in [0.29, 0.717) is 23.7 Å².